The second-order valence-corrected chi connectivity index (χ2v) is 3.98. The molecule has 0 N–H and O–H groups in total. The zero-order valence-corrected chi connectivity index (χ0v) is 15.4. The van der Waals surface area contributed by atoms with Gasteiger partial charge in [-0.15, -0.1) is 0 Å². The summed E-state index contributed by atoms with van der Waals surface area (Å²) in [6.07, 6.45) is 8.12. The maximum absolute atomic E-state index is 9.75. The fraction of sp³-hybridized carbons (Fsp3) is 0.857. The molecule has 0 spiro atoms. The summed E-state index contributed by atoms with van der Waals surface area (Å²) in [5.74, 6) is 0.911. The van der Waals surface area contributed by atoms with E-state index in [1.165, 1.54) is 25.7 Å². The summed E-state index contributed by atoms with van der Waals surface area (Å²) in [4.78, 5) is 0. The third kappa shape index (κ3) is 125. The molecule has 0 aromatic carbocycles. The maximum Gasteiger partial charge on any atom is 1.00 e. The molecule has 1 aliphatic carbocycles. The van der Waals surface area contributed by atoms with Gasteiger partial charge >= 0.3 is 73.1 Å². The molecule has 0 aliphatic heterocycles. The molecular weight excluding hydrogens is 384 g/mol. The van der Waals surface area contributed by atoms with Gasteiger partial charge in [0, 0.05) is 0 Å². The topological polar surface area (TPSA) is 0 Å². The van der Waals surface area contributed by atoms with Crippen molar-refractivity contribution in [2.45, 2.75) is 32.6 Å². The van der Waals surface area contributed by atoms with Crippen LogP contribution in [0, 0.1) is 12.3 Å². The Morgan fingerprint density at radius 2 is 0.913 bits per heavy atom. The molecule has 1 atom stereocenters. The first-order valence-electron chi connectivity index (χ1n) is 5.85. The van der Waals surface area contributed by atoms with Gasteiger partial charge in [0.15, 0.2) is 0 Å². The monoisotopic (exact) mass is 397 g/mol. The molecule has 16 heteroatoms. The number of hydrogen-bond donors (Lipinski definition) is 0. The van der Waals surface area contributed by atoms with Crippen LogP contribution in [0.25, 0.3) is 0 Å². The van der Waals surface area contributed by atoms with Crippen LogP contribution in [0.4, 0.5) is 51.8 Å². The van der Waals surface area contributed by atoms with Crippen molar-refractivity contribution in [2.24, 2.45) is 5.92 Å². The Bertz CT molecular complexity index is 200. The van der Waals surface area contributed by atoms with Crippen LogP contribution in [0.15, 0.2) is 0 Å². The average Bonchev–Trinajstić information content (AvgIpc) is 2.09. The third-order valence-corrected chi connectivity index (χ3v) is 1.68. The second-order valence-electron chi connectivity index (χ2n) is 3.98. The minimum absolute atomic E-state index is 0. The first-order chi connectivity index (χ1) is 9.39. The first kappa shape index (κ1) is 31.7. The van der Waals surface area contributed by atoms with Gasteiger partial charge in [-0.1, -0.05) is 26.2 Å². The van der Waals surface area contributed by atoms with E-state index in [1.54, 1.807) is 0 Å². The standard InChI is InChI=1S/C7H13.3BF4.K/c1-7-5-3-2-4-6-7;3*2-1(3,4)5;/h5,7H,2-4,6H2,1H3;;;;/q4*-1;+1. The van der Waals surface area contributed by atoms with E-state index < -0.39 is 21.8 Å². The Hall–Kier alpha value is 0.991. The van der Waals surface area contributed by atoms with Gasteiger partial charge in [0.25, 0.3) is 0 Å². The van der Waals surface area contributed by atoms with Gasteiger partial charge in [0.2, 0.25) is 0 Å². The predicted octanol–water partition coefficient (Wildman–Crippen LogP) is 3.30. The van der Waals surface area contributed by atoms with Gasteiger partial charge in [0.1, 0.15) is 0 Å². The molecule has 1 unspecified atom stereocenters. The van der Waals surface area contributed by atoms with E-state index >= 15 is 0 Å². The van der Waals surface area contributed by atoms with E-state index in [1.807, 2.05) is 0 Å². The SMILES string of the molecule is CC1[CH-]CCCC1.F[B-](F)(F)F.F[B-](F)(F)F.F[B-](F)(F)F.[K+]. The van der Waals surface area contributed by atoms with E-state index in [0.29, 0.717) is 0 Å². The fourth-order valence-electron chi connectivity index (χ4n) is 1.13. The molecule has 0 saturated heterocycles. The van der Waals surface area contributed by atoms with E-state index in [9.17, 15) is 51.8 Å². The molecule has 0 radical (unpaired) electrons. The molecule has 1 saturated carbocycles. The Balaban J connectivity index is -0.000000105. The van der Waals surface area contributed by atoms with Gasteiger partial charge in [0.05, 0.1) is 0 Å². The number of hydrogen-bond acceptors (Lipinski definition) is 0. The molecule has 0 bridgehead atoms. The van der Waals surface area contributed by atoms with Gasteiger partial charge in [-0.25, -0.2) is 0 Å². The summed E-state index contributed by atoms with van der Waals surface area (Å²) in [5, 5.41) is 0. The zero-order chi connectivity index (χ0) is 18.6. The van der Waals surface area contributed by atoms with Crippen LogP contribution < -0.4 is 51.4 Å². The van der Waals surface area contributed by atoms with E-state index in [2.05, 4.69) is 13.3 Å². The summed E-state index contributed by atoms with van der Waals surface area (Å²) in [6, 6.07) is 0. The average molecular weight is 397 g/mol. The second kappa shape index (κ2) is 15.3. The van der Waals surface area contributed by atoms with Crippen molar-refractivity contribution in [2.75, 3.05) is 0 Å². The molecule has 0 aromatic rings. The van der Waals surface area contributed by atoms with E-state index in [-0.39, 0.29) is 51.4 Å². The Morgan fingerprint density at radius 1 is 0.652 bits per heavy atom. The normalized spacial score (nSPS) is 17.9. The van der Waals surface area contributed by atoms with Crippen molar-refractivity contribution < 1.29 is 103 Å². The van der Waals surface area contributed by atoms with Crippen LogP contribution >= 0.6 is 0 Å². The largest absolute Gasteiger partial charge is 1.00 e. The Morgan fingerprint density at radius 3 is 1.00 bits per heavy atom. The van der Waals surface area contributed by atoms with E-state index in [0.717, 1.165) is 5.92 Å². The smallest absolute Gasteiger partial charge is 0.418 e. The summed E-state index contributed by atoms with van der Waals surface area (Å²) in [7, 11) is -18.0. The quantitative estimate of drug-likeness (QED) is 0.335. The van der Waals surface area contributed by atoms with Crippen LogP contribution in [0.1, 0.15) is 32.6 Å². The van der Waals surface area contributed by atoms with Crippen molar-refractivity contribution in [3.63, 3.8) is 0 Å². The summed E-state index contributed by atoms with van der Waals surface area (Å²) in [6.45, 7) is 2.30. The van der Waals surface area contributed by atoms with Crippen molar-refractivity contribution in [1.82, 2.24) is 0 Å². The molecule has 23 heavy (non-hydrogen) atoms. The molecule has 0 nitrogen and oxygen atoms in total. The fourth-order valence-corrected chi connectivity index (χ4v) is 1.13. The summed E-state index contributed by atoms with van der Waals surface area (Å²) >= 11 is 0. The Kier molecular flexibility index (Phi) is 21.1. The maximum atomic E-state index is 9.75. The molecule has 1 aliphatic rings. The Labute approximate surface area is 168 Å². The van der Waals surface area contributed by atoms with Crippen molar-refractivity contribution in [1.29, 1.82) is 0 Å². The molecule has 0 heterocycles. The van der Waals surface area contributed by atoms with Crippen LogP contribution in [0.2, 0.25) is 0 Å². The van der Waals surface area contributed by atoms with Gasteiger partial charge in [-0.05, 0) is 0 Å². The molecule has 138 valence electrons. The van der Waals surface area contributed by atoms with Crippen molar-refractivity contribution in [3.05, 3.63) is 6.42 Å². The number of rotatable bonds is 0. The van der Waals surface area contributed by atoms with Crippen molar-refractivity contribution >= 4 is 21.8 Å². The van der Waals surface area contributed by atoms with Crippen LogP contribution in [-0.2, 0) is 0 Å². The predicted molar refractivity (Wildman–Crippen MR) is 62.5 cm³/mol. The summed E-state index contributed by atoms with van der Waals surface area (Å²) < 4.78 is 117. The van der Waals surface area contributed by atoms with E-state index in [4.69, 9.17) is 0 Å². The van der Waals surface area contributed by atoms with Gasteiger partial charge < -0.3 is 58.2 Å². The van der Waals surface area contributed by atoms with Crippen molar-refractivity contribution in [3.8, 4) is 0 Å². The van der Waals surface area contributed by atoms with Crippen LogP contribution in [0.3, 0.4) is 0 Å². The molecule has 1 fully saturated rings. The molecular formula is C7H13B3F12K-3. The van der Waals surface area contributed by atoms with Crippen LogP contribution in [0.5, 0.6) is 0 Å². The zero-order valence-electron chi connectivity index (χ0n) is 12.3. The molecule has 0 aromatic heterocycles. The van der Waals surface area contributed by atoms with Crippen LogP contribution in [-0.4, -0.2) is 21.8 Å². The van der Waals surface area contributed by atoms with Gasteiger partial charge in [-0.2, -0.15) is 12.3 Å². The number of halogens is 12. The third-order valence-electron chi connectivity index (χ3n) is 1.68. The molecule has 1 rings (SSSR count). The minimum Gasteiger partial charge on any atom is -0.418 e. The first-order valence-corrected chi connectivity index (χ1v) is 5.85. The van der Waals surface area contributed by atoms with Gasteiger partial charge in [-0.3, -0.25) is 0 Å². The molecule has 0 amide bonds. The minimum atomic E-state index is -6.00. The summed E-state index contributed by atoms with van der Waals surface area (Å²) in [5.41, 5.74) is 0.